The number of hydrogen-bond acceptors (Lipinski definition) is 4. The summed E-state index contributed by atoms with van der Waals surface area (Å²) < 4.78 is 40.4. The quantitative estimate of drug-likeness (QED) is 0.508. The fourth-order valence-corrected chi connectivity index (χ4v) is 5.69. The highest BCUT2D eigenvalue weighted by Crippen LogP contribution is 2.25. The molecule has 0 aliphatic carbocycles. The van der Waals surface area contributed by atoms with Gasteiger partial charge in [0.25, 0.3) is 0 Å². The summed E-state index contributed by atoms with van der Waals surface area (Å²) in [4.78, 5) is 13.3. The Bertz CT molecular complexity index is 915. The molecule has 0 aromatic heterocycles. The van der Waals surface area contributed by atoms with E-state index in [0.29, 0.717) is 19.4 Å². The fraction of sp³-hybridized carbons (Fsp3) is 0.381. The first kappa shape index (κ1) is 21.8. The van der Waals surface area contributed by atoms with Gasteiger partial charge in [-0.05, 0) is 49.3 Å². The van der Waals surface area contributed by atoms with Gasteiger partial charge in [-0.1, -0.05) is 30.3 Å². The number of nitrogens with one attached hydrogen (secondary N) is 1. The van der Waals surface area contributed by atoms with Gasteiger partial charge in [0.15, 0.2) is 0 Å². The topological polar surface area (TPSA) is 66.5 Å². The van der Waals surface area contributed by atoms with Gasteiger partial charge in [0.2, 0.25) is 15.9 Å². The average Bonchev–Trinajstić information content (AvgIpc) is 2.74. The SMILES string of the molecule is O=C(NCCCSc1ccccc1)C1CCN(S(=O)(=O)c2ccccc2F)CC1. The van der Waals surface area contributed by atoms with Crippen LogP contribution in [0.3, 0.4) is 0 Å². The lowest BCUT2D eigenvalue weighted by Crippen LogP contribution is -2.43. The number of benzene rings is 2. The molecule has 156 valence electrons. The lowest BCUT2D eigenvalue weighted by molar-refractivity contribution is -0.126. The second-order valence-corrected chi connectivity index (χ2v) is 9.99. The molecule has 1 N–H and O–H groups in total. The van der Waals surface area contributed by atoms with Gasteiger partial charge < -0.3 is 5.32 Å². The van der Waals surface area contributed by atoms with E-state index in [1.807, 2.05) is 18.2 Å². The number of carbonyl (C=O) groups is 1. The number of rotatable bonds is 8. The molecule has 8 heteroatoms. The molecule has 0 saturated carbocycles. The van der Waals surface area contributed by atoms with E-state index in [9.17, 15) is 17.6 Å². The summed E-state index contributed by atoms with van der Waals surface area (Å²) in [5.41, 5.74) is 0. The molecule has 29 heavy (non-hydrogen) atoms. The highest BCUT2D eigenvalue weighted by Gasteiger charge is 2.33. The van der Waals surface area contributed by atoms with Crippen molar-refractivity contribution in [3.05, 3.63) is 60.4 Å². The van der Waals surface area contributed by atoms with Crippen LogP contribution in [0.4, 0.5) is 4.39 Å². The molecule has 1 amide bonds. The first-order valence-corrected chi connectivity index (χ1v) is 12.1. The lowest BCUT2D eigenvalue weighted by Gasteiger charge is -2.30. The van der Waals surface area contributed by atoms with Crippen molar-refractivity contribution >= 4 is 27.7 Å². The molecule has 0 spiro atoms. The summed E-state index contributed by atoms with van der Waals surface area (Å²) in [6.45, 7) is 1.05. The van der Waals surface area contributed by atoms with Gasteiger partial charge in [-0.3, -0.25) is 4.79 Å². The van der Waals surface area contributed by atoms with Crippen molar-refractivity contribution < 1.29 is 17.6 Å². The molecule has 1 heterocycles. The smallest absolute Gasteiger partial charge is 0.245 e. The van der Waals surface area contributed by atoms with E-state index in [1.54, 1.807) is 11.8 Å². The summed E-state index contributed by atoms with van der Waals surface area (Å²) in [6, 6.07) is 15.5. The Kier molecular flexibility index (Phi) is 7.69. The monoisotopic (exact) mass is 436 g/mol. The Morgan fingerprint density at radius 2 is 1.72 bits per heavy atom. The summed E-state index contributed by atoms with van der Waals surface area (Å²) in [6.07, 6.45) is 1.75. The maximum absolute atomic E-state index is 13.9. The second-order valence-electron chi connectivity index (χ2n) is 6.91. The van der Waals surface area contributed by atoms with Crippen molar-refractivity contribution in [1.29, 1.82) is 0 Å². The van der Waals surface area contributed by atoms with E-state index >= 15 is 0 Å². The third kappa shape index (κ3) is 5.81. The first-order chi connectivity index (χ1) is 14.0. The minimum absolute atomic E-state index is 0.0300. The molecule has 1 aliphatic rings. The molecule has 3 rings (SSSR count). The highest BCUT2D eigenvalue weighted by molar-refractivity contribution is 7.99. The normalized spacial score (nSPS) is 15.9. The third-order valence-electron chi connectivity index (χ3n) is 4.91. The number of piperidine rings is 1. The molecular formula is C21H25FN2O3S2. The van der Waals surface area contributed by atoms with Gasteiger partial charge in [0.05, 0.1) is 0 Å². The molecule has 5 nitrogen and oxygen atoms in total. The Morgan fingerprint density at radius 3 is 2.41 bits per heavy atom. The Balaban J connectivity index is 1.41. The van der Waals surface area contributed by atoms with Crippen LogP contribution in [-0.2, 0) is 14.8 Å². The van der Waals surface area contributed by atoms with E-state index in [0.717, 1.165) is 18.2 Å². The van der Waals surface area contributed by atoms with Crippen LogP contribution >= 0.6 is 11.8 Å². The van der Waals surface area contributed by atoms with Crippen LogP contribution in [0.5, 0.6) is 0 Å². The van der Waals surface area contributed by atoms with E-state index in [1.165, 1.54) is 27.4 Å². The van der Waals surface area contributed by atoms with Crippen LogP contribution in [0.25, 0.3) is 0 Å². The number of carbonyl (C=O) groups excluding carboxylic acids is 1. The Labute approximate surface area is 175 Å². The molecule has 0 bridgehead atoms. The summed E-state index contributed by atoms with van der Waals surface area (Å²) in [7, 11) is -3.87. The maximum atomic E-state index is 13.9. The average molecular weight is 437 g/mol. The number of nitrogens with zero attached hydrogens (tertiary/aromatic N) is 1. The predicted octanol–water partition coefficient (Wildman–Crippen LogP) is 3.53. The number of sulfonamides is 1. The first-order valence-electron chi connectivity index (χ1n) is 9.69. The highest BCUT2D eigenvalue weighted by atomic mass is 32.2. The van der Waals surface area contributed by atoms with Crippen LogP contribution in [0.1, 0.15) is 19.3 Å². The summed E-state index contributed by atoms with van der Waals surface area (Å²) in [5, 5.41) is 2.95. The van der Waals surface area contributed by atoms with Gasteiger partial charge in [0, 0.05) is 30.4 Å². The molecule has 0 atom stereocenters. The van der Waals surface area contributed by atoms with Crippen LogP contribution in [-0.4, -0.2) is 44.0 Å². The zero-order valence-corrected chi connectivity index (χ0v) is 17.7. The molecule has 2 aromatic carbocycles. The van der Waals surface area contributed by atoms with Gasteiger partial charge in [-0.15, -0.1) is 11.8 Å². The van der Waals surface area contributed by atoms with E-state index in [4.69, 9.17) is 0 Å². The van der Waals surface area contributed by atoms with Gasteiger partial charge in [0.1, 0.15) is 10.7 Å². The van der Waals surface area contributed by atoms with Crippen molar-refractivity contribution in [2.24, 2.45) is 5.92 Å². The van der Waals surface area contributed by atoms with Gasteiger partial charge in [-0.2, -0.15) is 4.31 Å². The molecule has 2 aromatic rings. The zero-order chi connectivity index (χ0) is 20.7. The molecule has 0 unspecified atom stereocenters. The molecule has 1 saturated heterocycles. The fourth-order valence-electron chi connectivity index (χ4n) is 3.29. The number of hydrogen-bond donors (Lipinski definition) is 1. The standard InChI is InChI=1S/C21H25FN2O3S2/c22-19-9-4-5-10-20(19)29(26,27)24-14-11-17(12-15-24)21(25)23-13-6-16-28-18-7-2-1-3-8-18/h1-5,7-10,17H,6,11-16H2,(H,23,25). The van der Waals surface area contributed by atoms with E-state index < -0.39 is 15.8 Å². The Hall–Kier alpha value is -1.90. The lowest BCUT2D eigenvalue weighted by atomic mass is 9.97. The summed E-state index contributed by atoms with van der Waals surface area (Å²) >= 11 is 1.75. The van der Waals surface area contributed by atoms with Crippen molar-refractivity contribution in [2.45, 2.75) is 29.1 Å². The minimum Gasteiger partial charge on any atom is -0.356 e. The number of thioether (sulfide) groups is 1. The van der Waals surface area contributed by atoms with Crippen molar-refractivity contribution in [1.82, 2.24) is 9.62 Å². The van der Waals surface area contributed by atoms with E-state index in [-0.39, 0.29) is 29.8 Å². The van der Waals surface area contributed by atoms with Gasteiger partial charge in [-0.25, -0.2) is 12.8 Å². The molecule has 0 radical (unpaired) electrons. The number of halogens is 1. The van der Waals surface area contributed by atoms with Gasteiger partial charge >= 0.3 is 0 Å². The van der Waals surface area contributed by atoms with Crippen LogP contribution in [0.15, 0.2) is 64.4 Å². The zero-order valence-electron chi connectivity index (χ0n) is 16.1. The van der Waals surface area contributed by atoms with E-state index in [2.05, 4.69) is 17.4 Å². The van der Waals surface area contributed by atoms with Crippen molar-refractivity contribution in [3.63, 3.8) is 0 Å². The van der Waals surface area contributed by atoms with Crippen LogP contribution in [0, 0.1) is 11.7 Å². The molecule has 1 fully saturated rings. The third-order valence-corrected chi connectivity index (χ3v) is 7.94. The molecular weight excluding hydrogens is 411 g/mol. The van der Waals surface area contributed by atoms with Crippen LogP contribution < -0.4 is 5.32 Å². The Morgan fingerprint density at radius 1 is 1.07 bits per heavy atom. The maximum Gasteiger partial charge on any atom is 0.245 e. The minimum atomic E-state index is -3.87. The van der Waals surface area contributed by atoms with Crippen molar-refractivity contribution in [3.8, 4) is 0 Å². The number of amides is 1. The largest absolute Gasteiger partial charge is 0.356 e. The van der Waals surface area contributed by atoms with Crippen LogP contribution in [0.2, 0.25) is 0 Å². The summed E-state index contributed by atoms with van der Waals surface area (Å²) in [5.74, 6) is -0.0638. The predicted molar refractivity (Wildman–Crippen MR) is 113 cm³/mol. The second kappa shape index (κ2) is 10.2. The molecule has 1 aliphatic heterocycles. The van der Waals surface area contributed by atoms with Crippen molar-refractivity contribution in [2.75, 3.05) is 25.4 Å².